The molecule has 3 nitrogen and oxygen atoms in total. The lowest BCUT2D eigenvalue weighted by atomic mass is 10.4. The first-order valence-electron chi connectivity index (χ1n) is 2.89. The minimum Gasteiger partial charge on any atom is -0.380 e. The van der Waals surface area contributed by atoms with E-state index in [1.54, 1.807) is 19.1 Å². The van der Waals surface area contributed by atoms with E-state index in [1.807, 2.05) is 6.92 Å². The first kappa shape index (κ1) is 8.43. The highest BCUT2D eigenvalue weighted by molar-refractivity contribution is 5.46. The zero-order chi connectivity index (χ0) is 7.28. The van der Waals surface area contributed by atoms with Gasteiger partial charge in [0.15, 0.2) is 0 Å². The van der Waals surface area contributed by atoms with Gasteiger partial charge in [0.1, 0.15) is 0 Å². The molecule has 0 saturated carbocycles. The maximum absolute atomic E-state index is 10.0. The molecule has 0 aliphatic heterocycles. The molecule has 0 rings (SSSR count). The van der Waals surface area contributed by atoms with Crippen molar-refractivity contribution < 1.29 is 9.53 Å². The first-order chi connectivity index (χ1) is 4.20. The Balaban J connectivity index is 3.33. The zero-order valence-electron chi connectivity index (χ0n) is 6.13. The normalized spacial score (nSPS) is 12.8. The molecule has 9 heavy (non-hydrogen) atoms. The second kappa shape index (κ2) is 4.32. The summed E-state index contributed by atoms with van der Waals surface area (Å²) >= 11 is 0. The molecular formula is C6H13NO2. The van der Waals surface area contributed by atoms with Crippen LogP contribution in [-0.4, -0.2) is 38.1 Å². The van der Waals surface area contributed by atoms with E-state index < -0.39 is 0 Å². The average Bonchev–Trinajstić information content (AvgIpc) is 1.87. The summed E-state index contributed by atoms with van der Waals surface area (Å²) in [5, 5.41) is 0. The molecule has 0 saturated heterocycles. The summed E-state index contributed by atoms with van der Waals surface area (Å²) in [6.45, 7) is 2.57. The summed E-state index contributed by atoms with van der Waals surface area (Å²) in [6.07, 6.45) is 0.912. The molecule has 0 aromatic heterocycles. The molecule has 0 aliphatic rings. The third-order valence-corrected chi connectivity index (χ3v) is 1.13. The largest absolute Gasteiger partial charge is 0.380 e. The van der Waals surface area contributed by atoms with Crippen LogP contribution < -0.4 is 0 Å². The molecule has 1 atom stereocenters. The van der Waals surface area contributed by atoms with Gasteiger partial charge in [-0.25, -0.2) is 0 Å². The standard InChI is InChI=1S/C6H13NO2/c1-6(9-3)4-7(2)5-8/h5-6H,4H2,1-3H3. The van der Waals surface area contributed by atoms with Gasteiger partial charge in [-0.2, -0.15) is 0 Å². The van der Waals surface area contributed by atoms with Crippen LogP contribution in [0.15, 0.2) is 0 Å². The molecule has 0 aliphatic carbocycles. The van der Waals surface area contributed by atoms with E-state index in [1.165, 1.54) is 0 Å². The highest BCUT2D eigenvalue weighted by atomic mass is 16.5. The molecule has 0 aromatic carbocycles. The van der Waals surface area contributed by atoms with Crippen molar-refractivity contribution in [2.24, 2.45) is 0 Å². The van der Waals surface area contributed by atoms with E-state index in [-0.39, 0.29) is 6.10 Å². The van der Waals surface area contributed by atoms with Crippen molar-refractivity contribution in [2.75, 3.05) is 20.7 Å². The maximum Gasteiger partial charge on any atom is 0.209 e. The summed E-state index contributed by atoms with van der Waals surface area (Å²) in [7, 11) is 3.35. The summed E-state index contributed by atoms with van der Waals surface area (Å²) in [4.78, 5) is 11.6. The Labute approximate surface area is 55.6 Å². The van der Waals surface area contributed by atoms with Crippen LogP contribution in [0, 0.1) is 0 Å². The van der Waals surface area contributed by atoms with E-state index in [4.69, 9.17) is 4.74 Å². The van der Waals surface area contributed by atoms with Gasteiger partial charge in [0.2, 0.25) is 6.41 Å². The molecule has 1 unspecified atom stereocenters. The van der Waals surface area contributed by atoms with Gasteiger partial charge in [-0.05, 0) is 6.92 Å². The number of hydrogen-bond donors (Lipinski definition) is 0. The highest BCUT2D eigenvalue weighted by Crippen LogP contribution is 1.88. The molecule has 54 valence electrons. The van der Waals surface area contributed by atoms with Gasteiger partial charge in [-0.3, -0.25) is 4.79 Å². The Morgan fingerprint density at radius 1 is 1.78 bits per heavy atom. The quantitative estimate of drug-likeness (QED) is 0.507. The molecule has 0 heterocycles. The van der Waals surface area contributed by atoms with Gasteiger partial charge in [-0.1, -0.05) is 0 Å². The van der Waals surface area contributed by atoms with E-state index in [2.05, 4.69) is 0 Å². The van der Waals surface area contributed by atoms with Crippen molar-refractivity contribution >= 4 is 6.41 Å². The number of amides is 1. The van der Waals surface area contributed by atoms with Crippen LogP contribution in [0.4, 0.5) is 0 Å². The fraction of sp³-hybridized carbons (Fsp3) is 0.833. The van der Waals surface area contributed by atoms with E-state index in [0.717, 1.165) is 6.41 Å². The molecule has 3 heteroatoms. The number of hydrogen-bond acceptors (Lipinski definition) is 2. The molecule has 0 bridgehead atoms. The van der Waals surface area contributed by atoms with Crippen LogP contribution in [-0.2, 0) is 9.53 Å². The van der Waals surface area contributed by atoms with Crippen LogP contribution in [0.2, 0.25) is 0 Å². The van der Waals surface area contributed by atoms with Crippen LogP contribution in [0.25, 0.3) is 0 Å². The van der Waals surface area contributed by atoms with Gasteiger partial charge >= 0.3 is 0 Å². The van der Waals surface area contributed by atoms with Crippen molar-refractivity contribution in [2.45, 2.75) is 13.0 Å². The number of methoxy groups -OCH3 is 1. The topological polar surface area (TPSA) is 29.5 Å². The molecule has 0 N–H and O–H groups in total. The van der Waals surface area contributed by atoms with Gasteiger partial charge < -0.3 is 9.64 Å². The number of likely N-dealkylation sites (N-methyl/N-ethyl adjacent to an activating group) is 1. The monoisotopic (exact) mass is 131 g/mol. The lowest BCUT2D eigenvalue weighted by Gasteiger charge is -2.14. The Morgan fingerprint density at radius 2 is 2.33 bits per heavy atom. The molecule has 0 fully saturated rings. The SMILES string of the molecule is COC(C)CN(C)C=O. The van der Waals surface area contributed by atoms with Crippen molar-refractivity contribution in [1.82, 2.24) is 4.90 Å². The number of rotatable bonds is 4. The smallest absolute Gasteiger partial charge is 0.209 e. The van der Waals surface area contributed by atoms with Crippen LogP contribution in [0.5, 0.6) is 0 Å². The number of nitrogens with zero attached hydrogens (tertiary/aromatic N) is 1. The Kier molecular flexibility index (Phi) is 4.05. The van der Waals surface area contributed by atoms with E-state index in [0.29, 0.717) is 6.54 Å². The Morgan fingerprint density at radius 3 is 2.67 bits per heavy atom. The van der Waals surface area contributed by atoms with Crippen molar-refractivity contribution in [3.63, 3.8) is 0 Å². The van der Waals surface area contributed by atoms with Gasteiger partial charge in [0.05, 0.1) is 6.10 Å². The first-order valence-corrected chi connectivity index (χ1v) is 2.89. The summed E-state index contributed by atoms with van der Waals surface area (Å²) < 4.78 is 4.92. The fourth-order valence-corrected chi connectivity index (χ4v) is 0.523. The summed E-state index contributed by atoms with van der Waals surface area (Å²) in [5.41, 5.74) is 0. The second-order valence-corrected chi connectivity index (χ2v) is 2.09. The molecular weight excluding hydrogens is 118 g/mol. The van der Waals surface area contributed by atoms with Crippen molar-refractivity contribution in [3.05, 3.63) is 0 Å². The van der Waals surface area contributed by atoms with Gasteiger partial charge in [0.25, 0.3) is 0 Å². The summed E-state index contributed by atoms with van der Waals surface area (Å²) in [5.74, 6) is 0. The number of carbonyl (C=O) groups is 1. The van der Waals surface area contributed by atoms with E-state index >= 15 is 0 Å². The lowest BCUT2D eigenvalue weighted by molar-refractivity contribution is -0.118. The van der Waals surface area contributed by atoms with Crippen LogP contribution >= 0.6 is 0 Å². The van der Waals surface area contributed by atoms with Gasteiger partial charge in [-0.15, -0.1) is 0 Å². The minimum absolute atomic E-state index is 0.125. The minimum atomic E-state index is 0.125. The van der Waals surface area contributed by atoms with Crippen LogP contribution in [0.3, 0.4) is 0 Å². The lowest BCUT2D eigenvalue weighted by Crippen LogP contribution is -2.27. The third kappa shape index (κ3) is 3.97. The number of ether oxygens (including phenoxy) is 1. The van der Waals surface area contributed by atoms with Crippen LogP contribution in [0.1, 0.15) is 6.92 Å². The predicted molar refractivity (Wildman–Crippen MR) is 35.2 cm³/mol. The zero-order valence-corrected chi connectivity index (χ0v) is 6.13. The highest BCUT2D eigenvalue weighted by Gasteiger charge is 2.00. The maximum atomic E-state index is 10.0. The van der Waals surface area contributed by atoms with Crippen molar-refractivity contribution in [1.29, 1.82) is 0 Å². The fourth-order valence-electron chi connectivity index (χ4n) is 0.523. The molecule has 0 spiro atoms. The Hall–Kier alpha value is -0.570. The molecule has 0 aromatic rings. The number of carbonyl (C=O) groups excluding carboxylic acids is 1. The average molecular weight is 131 g/mol. The Bertz CT molecular complexity index is 85.1. The van der Waals surface area contributed by atoms with E-state index in [9.17, 15) is 4.79 Å². The molecule has 0 radical (unpaired) electrons. The predicted octanol–water partition coefficient (Wildman–Crippen LogP) is 0.109. The van der Waals surface area contributed by atoms with Gasteiger partial charge in [0, 0.05) is 20.7 Å². The summed E-state index contributed by atoms with van der Waals surface area (Å²) in [6, 6.07) is 0. The molecule has 1 amide bonds. The van der Waals surface area contributed by atoms with Crippen molar-refractivity contribution in [3.8, 4) is 0 Å². The second-order valence-electron chi connectivity index (χ2n) is 2.09. The third-order valence-electron chi connectivity index (χ3n) is 1.13.